The van der Waals surface area contributed by atoms with Crippen LogP contribution in [0.4, 0.5) is 0 Å². The number of ether oxygens (including phenoxy) is 1. The molecule has 0 amide bonds. The third-order valence-corrected chi connectivity index (χ3v) is 12.5. The van der Waals surface area contributed by atoms with Gasteiger partial charge < -0.3 is 13.7 Å². The van der Waals surface area contributed by atoms with Crippen molar-refractivity contribution < 1.29 is 25.2 Å². The standard InChI is InChI=1S/C56H33N5O.Pd/c1-5-16-36(17-6-1)50-52(37-18-7-2-8-19-37)60-48-27-15-32-57-51(48)42-30-28-40(34-45(42)55(60)59-50)62-41-29-31-46-49(35-41)61-53-43(44-25-14-33-58-54(44)61)24-13-26-47(53)56(46,38-20-9-3-10-21-38)39-22-11-4-12-23-39;/h1-33H;/q-2;+2. The van der Waals surface area contributed by atoms with Gasteiger partial charge in [0.1, 0.15) is 5.65 Å². The van der Waals surface area contributed by atoms with Gasteiger partial charge in [0.15, 0.2) is 0 Å². The summed E-state index contributed by atoms with van der Waals surface area (Å²) in [6.07, 6.45) is 3.71. The first-order valence-corrected chi connectivity index (χ1v) is 20.8. The minimum absolute atomic E-state index is 0. The van der Waals surface area contributed by atoms with Crippen molar-refractivity contribution in [1.82, 2.24) is 23.9 Å². The van der Waals surface area contributed by atoms with Gasteiger partial charge in [-0.2, -0.15) is 6.07 Å². The van der Waals surface area contributed by atoms with E-state index in [9.17, 15) is 0 Å². The van der Waals surface area contributed by atoms with Gasteiger partial charge in [-0.25, -0.2) is 4.98 Å². The second-order valence-corrected chi connectivity index (χ2v) is 15.8. The molecule has 13 rings (SSSR count). The van der Waals surface area contributed by atoms with Gasteiger partial charge in [-0.1, -0.05) is 168 Å². The van der Waals surface area contributed by atoms with E-state index in [2.05, 4.69) is 173 Å². The number of benzene rings is 7. The van der Waals surface area contributed by atoms with Gasteiger partial charge in [-0.15, -0.1) is 23.8 Å². The Kier molecular flexibility index (Phi) is 8.52. The van der Waals surface area contributed by atoms with Gasteiger partial charge in [0, 0.05) is 45.6 Å². The zero-order chi connectivity index (χ0) is 40.8. The maximum Gasteiger partial charge on any atom is 2.00 e. The van der Waals surface area contributed by atoms with Gasteiger partial charge >= 0.3 is 20.4 Å². The van der Waals surface area contributed by atoms with E-state index in [0.717, 1.165) is 83.2 Å². The first kappa shape index (κ1) is 37.1. The summed E-state index contributed by atoms with van der Waals surface area (Å²) in [6.45, 7) is 0. The first-order valence-electron chi connectivity index (χ1n) is 20.8. The summed E-state index contributed by atoms with van der Waals surface area (Å²) < 4.78 is 11.4. The topological polar surface area (TPSA) is 57.2 Å². The number of para-hydroxylation sites is 1. The van der Waals surface area contributed by atoms with Gasteiger partial charge in [-0.3, -0.25) is 9.97 Å². The Bertz CT molecular complexity index is 3680. The molecule has 298 valence electrons. The maximum atomic E-state index is 6.87. The summed E-state index contributed by atoms with van der Waals surface area (Å²) in [5.41, 5.74) is 13.4. The van der Waals surface area contributed by atoms with E-state index in [1.807, 2.05) is 48.8 Å². The molecule has 0 bridgehead atoms. The van der Waals surface area contributed by atoms with Crippen molar-refractivity contribution in [1.29, 1.82) is 0 Å². The normalized spacial score (nSPS) is 12.8. The number of aromatic nitrogens is 5. The molecule has 0 N–H and O–H groups in total. The Labute approximate surface area is 376 Å². The third kappa shape index (κ3) is 5.37. The van der Waals surface area contributed by atoms with Crippen LogP contribution in [0.3, 0.4) is 0 Å². The number of rotatable bonds is 6. The Morgan fingerprint density at radius 1 is 0.492 bits per heavy atom. The van der Waals surface area contributed by atoms with Gasteiger partial charge in [0.25, 0.3) is 0 Å². The van der Waals surface area contributed by atoms with Crippen LogP contribution in [0.5, 0.6) is 11.5 Å². The van der Waals surface area contributed by atoms with E-state index in [0.29, 0.717) is 11.5 Å². The molecule has 12 aromatic rings. The molecule has 5 aromatic heterocycles. The van der Waals surface area contributed by atoms with Crippen LogP contribution in [0, 0.1) is 12.1 Å². The van der Waals surface area contributed by atoms with Gasteiger partial charge in [0.05, 0.1) is 33.6 Å². The third-order valence-electron chi connectivity index (χ3n) is 12.5. The van der Waals surface area contributed by atoms with Crippen LogP contribution in [-0.2, 0) is 25.8 Å². The zero-order valence-electron chi connectivity index (χ0n) is 33.5. The average molecular weight is 898 g/mol. The number of pyridine rings is 3. The minimum Gasteiger partial charge on any atom is -0.503 e. The van der Waals surface area contributed by atoms with Crippen molar-refractivity contribution in [3.8, 4) is 39.7 Å². The Balaban J connectivity index is 0.00000421. The number of nitrogens with zero attached hydrogens (tertiary/aromatic N) is 5. The van der Waals surface area contributed by atoms with E-state index in [1.54, 1.807) is 0 Å². The quantitative estimate of drug-likeness (QED) is 0.0948. The molecule has 0 saturated carbocycles. The van der Waals surface area contributed by atoms with Crippen molar-refractivity contribution in [2.45, 2.75) is 5.41 Å². The summed E-state index contributed by atoms with van der Waals surface area (Å²) in [4.78, 5) is 15.3. The second kappa shape index (κ2) is 14.5. The van der Waals surface area contributed by atoms with E-state index < -0.39 is 5.41 Å². The smallest absolute Gasteiger partial charge is 0.503 e. The Morgan fingerprint density at radius 2 is 1.13 bits per heavy atom. The number of hydrogen-bond acceptors (Lipinski definition) is 4. The molecule has 0 spiro atoms. The van der Waals surface area contributed by atoms with Crippen molar-refractivity contribution in [3.63, 3.8) is 0 Å². The van der Waals surface area contributed by atoms with E-state index in [4.69, 9.17) is 19.7 Å². The molecule has 0 aliphatic carbocycles. The fraction of sp³-hybridized carbons (Fsp3) is 0.0179. The predicted octanol–water partition coefficient (Wildman–Crippen LogP) is 12.9. The van der Waals surface area contributed by atoms with E-state index >= 15 is 0 Å². The monoisotopic (exact) mass is 897 g/mol. The number of hydrogen-bond donors (Lipinski definition) is 0. The van der Waals surface area contributed by atoms with Crippen LogP contribution in [-0.4, -0.2) is 23.9 Å². The predicted molar refractivity (Wildman–Crippen MR) is 247 cm³/mol. The van der Waals surface area contributed by atoms with Crippen LogP contribution < -0.4 is 4.74 Å². The molecule has 0 atom stereocenters. The minimum atomic E-state index is -0.654. The molecule has 6 heterocycles. The molecule has 7 aromatic carbocycles. The molecule has 1 aliphatic heterocycles. The Hall–Kier alpha value is -7.69. The van der Waals surface area contributed by atoms with Crippen LogP contribution in [0.15, 0.2) is 200 Å². The molecule has 0 saturated heterocycles. The molecular formula is C56H33N5OPd. The SMILES string of the molecule is [Pd+2].[c-]1c(Oc2[c-]c3c(cc2)c2ncccc2n2c(-c4ccccc4)c(-c4ccccc4)nc32)ccc2c1-n1c3ncccc3c3cccc(c31)C2(c1ccccc1)c1ccccc1. The average Bonchev–Trinajstić information content (AvgIpc) is 3.92. The van der Waals surface area contributed by atoms with Crippen LogP contribution in [0.1, 0.15) is 22.3 Å². The molecule has 63 heavy (non-hydrogen) atoms. The molecule has 7 heteroatoms. The molecular weight excluding hydrogens is 865 g/mol. The molecule has 6 nitrogen and oxygen atoms in total. The molecule has 0 fully saturated rings. The summed E-state index contributed by atoms with van der Waals surface area (Å²) in [7, 11) is 0. The van der Waals surface area contributed by atoms with Crippen molar-refractivity contribution in [3.05, 3.63) is 235 Å². The largest absolute Gasteiger partial charge is 2.00 e. The summed E-state index contributed by atoms with van der Waals surface area (Å²) in [5, 5.41) is 3.99. The molecule has 1 aliphatic rings. The zero-order valence-corrected chi connectivity index (χ0v) is 35.1. The fourth-order valence-corrected chi connectivity index (χ4v) is 10.0. The van der Waals surface area contributed by atoms with Gasteiger partial charge in [-0.05, 0) is 46.5 Å². The fourth-order valence-electron chi connectivity index (χ4n) is 10.0. The summed E-state index contributed by atoms with van der Waals surface area (Å²) in [6, 6.07) is 73.1. The number of fused-ring (bicyclic) bond motifs is 11. The second-order valence-electron chi connectivity index (χ2n) is 15.8. The van der Waals surface area contributed by atoms with Crippen molar-refractivity contribution in [2.24, 2.45) is 0 Å². The van der Waals surface area contributed by atoms with Gasteiger partial charge in [0.2, 0.25) is 0 Å². The van der Waals surface area contributed by atoms with E-state index in [-0.39, 0.29) is 20.4 Å². The van der Waals surface area contributed by atoms with Crippen LogP contribution in [0.2, 0.25) is 0 Å². The van der Waals surface area contributed by atoms with Crippen molar-refractivity contribution >= 4 is 49.4 Å². The molecule has 0 radical (unpaired) electrons. The van der Waals surface area contributed by atoms with E-state index in [1.165, 1.54) is 16.7 Å². The summed E-state index contributed by atoms with van der Waals surface area (Å²) in [5.74, 6) is 1.11. The first-order chi connectivity index (χ1) is 30.8. The van der Waals surface area contributed by atoms with Crippen LogP contribution >= 0.6 is 0 Å². The van der Waals surface area contributed by atoms with Crippen LogP contribution in [0.25, 0.3) is 77.6 Å². The molecule has 0 unspecified atom stereocenters. The maximum absolute atomic E-state index is 6.87. The number of imidazole rings is 1. The van der Waals surface area contributed by atoms with Crippen molar-refractivity contribution in [2.75, 3.05) is 0 Å². The Morgan fingerprint density at radius 3 is 1.87 bits per heavy atom. The summed E-state index contributed by atoms with van der Waals surface area (Å²) >= 11 is 0.